The Morgan fingerprint density at radius 2 is 1.80 bits per heavy atom. The van der Waals surface area contributed by atoms with E-state index in [1.165, 1.54) is 12.1 Å². The molecule has 1 aromatic heterocycles. The maximum absolute atomic E-state index is 12.0. The van der Waals surface area contributed by atoms with Gasteiger partial charge in [-0.25, -0.2) is 13.4 Å². The molecule has 7 nitrogen and oxygen atoms in total. The molecule has 0 atom stereocenters. The predicted molar refractivity (Wildman–Crippen MR) is 73.2 cm³/mol. The second kappa shape index (κ2) is 5.43. The third-order valence-corrected chi connectivity index (χ3v) is 3.89. The largest absolute Gasteiger partial charge is 0.269 e. The first-order valence-corrected chi connectivity index (χ1v) is 7.14. The summed E-state index contributed by atoms with van der Waals surface area (Å²) in [7, 11) is -3.87. The molecule has 0 fully saturated rings. The minimum Gasteiger partial charge on any atom is -0.263 e. The van der Waals surface area contributed by atoms with Gasteiger partial charge in [-0.1, -0.05) is 17.7 Å². The van der Waals surface area contributed by atoms with Gasteiger partial charge in [-0.15, -0.1) is 0 Å². The number of aromatic nitrogens is 1. The molecule has 0 spiro atoms. The third-order valence-electron chi connectivity index (χ3n) is 2.31. The molecule has 0 bridgehead atoms. The van der Waals surface area contributed by atoms with E-state index >= 15 is 0 Å². The maximum atomic E-state index is 12.0. The minimum absolute atomic E-state index is 0.0656. The van der Waals surface area contributed by atoms with Crippen LogP contribution in [-0.4, -0.2) is 18.3 Å². The fraction of sp³-hybridized carbons (Fsp3) is 0. The highest BCUT2D eigenvalue weighted by Crippen LogP contribution is 2.19. The Bertz CT molecular complexity index is 747. The van der Waals surface area contributed by atoms with E-state index in [0.29, 0.717) is 0 Å². The Morgan fingerprint density at radius 3 is 2.35 bits per heavy atom. The van der Waals surface area contributed by atoms with Crippen LogP contribution >= 0.6 is 11.6 Å². The van der Waals surface area contributed by atoms with Crippen molar-refractivity contribution in [2.45, 2.75) is 4.90 Å². The normalized spacial score (nSPS) is 11.1. The van der Waals surface area contributed by atoms with Crippen LogP contribution in [0, 0.1) is 10.1 Å². The summed E-state index contributed by atoms with van der Waals surface area (Å²) in [4.78, 5) is 13.6. The van der Waals surface area contributed by atoms with E-state index in [0.717, 1.165) is 24.3 Å². The average Bonchev–Trinajstić information content (AvgIpc) is 2.38. The summed E-state index contributed by atoms with van der Waals surface area (Å²) in [6.07, 6.45) is 0. The Labute approximate surface area is 119 Å². The van der Waals surface area contributed by atoms with E-state index < -0.39 is 14.9 Å². The molecule has 20 heavy (non-hydrogen) atoms. The number of anilines is 1. The Morgan fingerprint density at radius 1 is 1.15 bits per heavy atom. The highest BCUT2D eigenvalue weighted by Gasteiger charge is 2.16. The van der Waals surface area contributed by atoms with Crippen LogP contribution in [0.2, 0.25) is 5.15 Å². The van der Waals surface area contributed by atoms with Crippen LogP contribution in [0.25, 0.3) is 0 Å². The summed E-state index contributed by atoms with van der Waals surface area (Å²) in [6, 6.07) is 9.00. The van der Waals surface area contributed by atoms with Crippen molar-refractivity contribution in [3.63, 3.8) is 0 Å². The van der Waals surface area contributed by atoms with Gasteiger partial charge in [0.15, 0.2) is 0 Å². The second-order valence-corrected chi connectivity index (χ2v) is 5.77. The van der Waals surface area contributed by atoms with Crippen molar-refractivity contribution in [2.75, 3.05) is 4.72 Å². The van der Waals surface area contributed by atoms with Crippen LogP contribution in [0.1, 0.15) is 0 Å². The van der Waals surface area contributed by atoms with Crippen LogP contribution in [0.4, 0.5) is 11.5 Å². The van der Waals surface area contributed by atoms with Gasteiger partial charge in [0.1, 0.15) is 11.0 Å². The molecule has 1 heterocycles. The number of nitrogens with zero attached hydrogens (tertiary/aromatic N) is 2. The number of rotatable bonds is 4. The highest BCUT2D eigenvalue weighted by molar-refractivity contribution is 7.92. The first kappa shape index (κ1) is 14.2. The summed E-state index contributed by atoms with van der Waals surface area (Å²) < 4.78 is 26.3. The van der Waals surface area contributed by atoms with Crippen molar-refractivity contribution < 1.29 is 13.3 Å². The SMILES string of the molecule is O=[N+]([O-])c1ccc(S(=O)(=O)Nc2cccc(Cl)n2)cc1. The van der Waals surface area contributed by atoms with Crippen molar-refractivity contribution >= 4 is 33.1 Å². The van der Waals surface area contributed by atoms with Gasteiger partial charge in [0.25, 0.3) is 15.7 Å². The average molecular weight is 314 g/mol. The zero-order valence-corrected chi connectivity index (χ0v) is 11.4. The number of pyridine rings is 1. The van der Waals surface area contributed by atoms with E-state index in [2.05, 4.69) is 9.71 Å². The molecule has 2 aromatic rings. The van der Waals surface area contributed by atoms with Crippen molar-refractivity contribution in [3.8, 4) is 0 Å². The molecule has 1 N–H and O–H groups in total. The Kier molecular flexibility index (Phi) is 3.86. The lowest BCUT2D eigenvalue weighted by atomic mass is 10.3. The summed E-state index contributed by atoms with van der Waals surface area (Å²) >= 11 is 5.65. The van der Waals surface area contributed by atoms with Crippen molar-refractivity contribution in [2.24, 2.45) is 0 Å². The van der Waals surface area contributed by atoms with Crippen molar-refractivity contribution in [1.82, 2.24) is 4.98 Å². The molecule has 0 saturated heterocycles. The lowest BCUT2D eigenvalue weighted by Gasteiger charge is -2.07. The third kappa shape index (κ3) is 3.22. The molecular formula is C11H8ClN3O4S. The van der Waals surface area contributed by atoms with E-state index in [-0.39, 0.29) is 21.6 Å². The molecule has 1 aromatic carbocycles. The molecule has 104 valence electrons. The van der Waals surface area contributed by atoms with E-state index in [4.69, 9.17) is 11.6 Å². The molecule has 0 saturated carbocycles. The van der Waals surface area contributed by atoms with E-state index in [1.807, 2.05) is 0 Å². The van der Waals surface area contributed by atoms with E-state index in [9.17, 15) is 18.5 Å². The molecule has 0 aliphatic heterocycles. The standard InChI is InChI=1S/C11H8ClN3O4S/c12-10-2-1-3-11(13-10)14-20(18,19)9-6-4-8(5-7-9)15(16)17/h1-7H,(H,13,14). The summed E-state index contributed by atoms with van der Waals surface area (Å²) in [5, 5.41) is 10.7. The summed E-state index contributed by atoms with van der Waals surface area (Å²) in [6.45, 7) is 0. The lowest BCUT2D eigenvalue weighted by molar-refractivity contribution is -0.384. The van der Waals surface area contributed by atoms with Crippen LogP contribution in [-0.2, 0) is 10.0 Å². The molecule has 0 radical (unpaired) electrons. The number of nitro benzene ring substituents is 1. The number of benzene rings is 1. The quantitative estimate of drug-likeness (QED) is 0.530. The van der Waals surface area contributed by atoms with Gasteiger partial charge in [0, 0.05) is 12.1 Å². The molecule has 0 amide bonds. The van der Waals surface area contributed by atoms with Gasteiger partial charge in [0.05, 0.1) is 9.82 Å². The Hall–Kier alpha value is -2.19. The maximum Gasteiger partial charge on any atom is 0.269 e. The number of hydrogen-bond acceptors (Lipinski definition) is 5. The van der Waals surface area contributed by atoms with E-state index in [1.54, 1.807) is 6.07 Å². The van der Waals surface area contributed by atoms with Crippen molar-refractivity contribution in [3.05, 3.63) is 57.7 Å². The monoisotopic (exact) mass is 313 g/mol. The minimum atomic E-state index is -3.87. The number of nitro groups is 1. The number of non-ortho nitro benzene ring substituents is 1. The summed E-state index contributed by atoms with van der Waals surface area (Å²) in [5.41, 5.74) is -0.190. The fourth-order valence-electron chi connectivity index (χ4n) is 1.41. The van der Waals surface area contributed by atoms with Gasteiger partial charge in [-0.2, -0.15) is 0 Å². The van der Waals surface area contributed by atoms with Crippen LogP contribution in [0.15, 0.2) is 47.4 Å². The first-order valence-electron chi connectivity index (χ1n) is 5.28. The smallest absolute Gasteiger partial charge is 0.263 e. The van der Waals surface area contributed by atoms with Crippen molar-refractivity contribution in [1.29, 1.82) is 0 Å². The topological polar surface area (TPSA) is 102 Å². The number of nitrogens with one attached hydrogen (secondary N) is 1. The molecule has 9 heteroatoms. The lowest BCUT2D eigenvalue weighted by Crippen LogP contribution is -2.13. The van der Waals surface area contributed by atoms with Gasteiger partial charge < -0.3 is 0 Å². The zero-order valence-electron chi connectivity index (χ0n) is 9.86. The zero-order chi connectivity index (χ0) is 14.8. The van der Waals surface area contributed by atoms with Gasteiger partial charge in [-0.3, -0.25) is 14.8 Å². The van der Waals surface area contributed by atoms with Crippen LogP contribution in [0.5, 0.6) is 0 Å². The van der Waals surface area contributed by atoms with Crippen LogP contribution < -0.4 is 4.72 Å². The molecule has 0 aliphatic rings. The summed E-state index contributed by atoms with van der Waals surface area (Å²) in [5.74, 6) is 0.0656. The molecular weight excluding hydrogens is 306 g/mol. The molecule has 0 unspecified atom stereocenters. The van der Waals surface area contributed by atoms with Crippen LogP contribution in [0.3, 0.4) is 0 Å². The molecule has 0 aliphatic carbocycles. The number of sulfonamides is 1. The first-order chi connectivity index (χ1) is 9.38. The Balaban J connectivity index is 2.28. The number of halogens is 1. The van der Waals surface area contributed by atoms with Gasteiger partial charge >= 0.3 is 0 Å². The second-order valence-electron chi connectivity index (χ2n) is 3.70. The molecule has 2 rings (SSSR count). The number of hydrogen-bond donors (Lipinski definition) is 1. The predicted octanol–water partition coefficient (Wildman–Crippen LogP) is 2.44. The highest BCUT2D eigenvalue weighted by atomic mass is 35.5. The fourth-order valence-corrected chi connectivity index (χ4v) is 2.57. The van der Waals surface area contributed by atoms with Gasteiger partial charge in [0.2, 0.25) is 0 Å². The van der Waals surface area contributed by atoms with Gasteiger partial charge in [-0.05, 0) is 24.3 Å².